The van der Waals surface area contributed by atoms with Crippen molar-refractivity contribution in [3.05, 3.63) is 29.8 Å². The molecule has 0 saturated carbocycles. The second-order valence-corrected chi connectivity index (χ2v) is 6.08. The van der Waals surface area contributed by atoms with E-state index in [1.807, 2.05) is 36.2 Å². The first kappa shape index (κ1) is 15.0. The molecular weight excluding hydrogens is 278 g/mol. The summed E-state index contributed by atoms with van der Waals surface area (Å²) in [6, 6.07) is 7.85. The zero-order valence-electron chi connectivity index (χ0n) is 13.0. The number of likely N-dealkylation sites (N-methyl/N-ethyl adjacent to an activating group) is 1. The minimum absolute atomic E-state index is 0.0634. The van der Waals surface area contributed by atoms with Crippen molar-refractivity contribution in [3.8, 4) is 0 Å². The number of benzene rings is 1. The molecule has 2 aliphatic rings. The van der Waals surface area contributed by atoms with Crippen molar-refractivity contribution < 1.29 is 9.59 Å². The molecule has 0 bridgehead atoms. The first-order valence-corrected chi connectivity index (χ1v) is 8.06. The Kier molecular flexibility index (Phi) is 4.43. The van der Waals surface area contributed by atoms with Gasteiger partial charge in [-0.25, -0.2) is 0 Å². The van der Waals surface area contributed by atoms with Crippen molar-refractivity contribution in [1.29, 1.82) is 0 Å². The topological polar surface area (TPSA) is 52.7 Å². The quantitative estimate of drug-likeness (QED) is 0.923. The van der Waals surface area contributed by atoms with Gasteiger partial charge < -0.3 is 15.1 Å². The molecule has 1 atom stereocenters. The molecule has 0 radical (unpaired) electrons. The van der Waals surface area contributed by atoms with Gasteiger partial charge in [0.25, 0.3) is 5.91 Å². The fraction of sp³-hybridized carbons (Fsp3) is 0.529. The Morgan fingerprint density at radius 2 is 2.14 bits per heavy atom. The summed E-state index contributed by atoms with van der Waals surface area (Å²) in [4.78, 5) is 28.3. The van der Waals surface area contributed by atoms with Crippen LogP contribution in [0, 0.1) is 0 Å². The van der Waals surface area contributed by atoms with Crippen LogP contribution in [0.25, 0.3) is 0 Å². The standard InChI is InChI=1S/C17H23N3O2/c1-18-14-6-3-9-19(12-14)17(22)13-5-2-7-15(11-13)20-10-4-8-16(20)21/h2,5,7,11,14,18H,3-4,6,8-10,12H2,1H3. The molecule has 2 aliphatic heterocycles. The summed E-state index contributed by atoms with van der Waals surface area (Å²) < 4.78 is 0. The lowest BCUT2D eigenvalue weighted by atomic mass is 10.0. The van der Waals surface area contributed by atoms with Crippen LogP contribution < -0.4 is 10.2 Å². The van der Waals surface area contributed by atoms with Crippen LogP contribution in [0.2, 0.25) is 0 Å². The van der Waals surface area contributed by atoms with Gasteiger partial charge in [0.05, 0.1) is 0 Å². The van der Waals surface area contributed by atoms with E-state index in [0.717, 1.165) is 44.6 Å². The molecular formula is C17H23N3O2. The maximum Gasteiger partial charge on any atom is 0.253 e. The zero-order valence-corrected chi connectivity index (χ0v) is 13.0. The van der Waals surface area contributed by atoms with Crippen LogP contribution in [0.3, 0.4) is 0 Å². The number of hydrogen-bond donors (Lipinski definition) is 1. The van der Waals surface area contributed by atoms with Crippen molar-refractivity contribution >= 4 is 17.5 Å². The summed E-state index contributed by atoms with van der Waals surface area (Å²) >= 11 is 0. The molecule has 2 fully saturated rings. The highest BCUT2D eigenvalue weighted by molar-refractivity contribution is 5.99. The van der Waals surface area contributed by atoms with Gasteiger partial charge in [0.1, 0.15) is 0 Å². The summed E-state index contributed by atoms with van der Waals surface area (Å²) in [5.41, 5.74) is 1.52. The number of carbonyl (C=O) groups is 2. The molecule has 2 amide bonds. The van der Waals surface area contributed by atoms with Crippen molar-refractivity contribution in [2.24, 2.45) is 0 Å². The highest BCUT2D eigenvalue weighted by Gasteiger charge is 2.25. The van der Waals surface area contributed by atoms with Gasteiger partial charge in [-0.2, -0.15) is 0 Å². The molecule has 2 heterocycles. The number of anilines is 1. The highest BCUT2D eigenvalue weighted by Crippen LogP contribution is 2.23. The van der Waals surface area contributed by atoms with Crippen LogP contribution in [-0.2, 0) is 4.79 Å². The molecule has 22 heavy (non-hydrogen) atoms. The van der Waals surface area contributed by atoms with Gasteiger partial charge in [-0.1, -0.05) is 6.07 Å². The molecule has 118 valence electrons. The Labute approximate surface area is 131 Å². The average molecular weight is 301 g/mol. The van der Waals surface area contributed by atoms with E-state index < -0.39 is 0 Å². The number of amides is 2. The third-order valence-electron chi connectivity index (χ3n) is 4.60. The van der Waals surface area contributed by atoms with E-state index in [1.54, 1.807) is 4.90 Å². The van der Waals surface area contributed by atoms with Gasteiger partial charge in [0.15, 0.2) is 0 Å². The minimum Gasteiger partial charge on any atom is -0.337 e. The number of likely N-dealkylation sites (tertiary alicyclic amines) is 1. The maximum absolute atomic E-state index is 12.7. The van der Waals surface area contributed by atoms with Gasteiger partial charge in [-0.3, -0.25) is 9.59 Å². The predicted octanol–water partition coefficient (Wildman–Crippen LogP) is 1.64. The van der Waals surface area contributed by atoms with E-state index >= 15 is 0 Å². The molecule has 2 saturated heterocycles. The number of hydrogen-bond acceptors (Lipinski definition) is 3. The SMILES string of the molecule is CNC1CCCN(C(=O)c2cccc(N3CCCC3=O)c2)C1. The zero-order chi connectivity index (χ0) is 15.5. The van der Waals surface area contributed by atoms with Crippen molar-refractivity contribution in [3.63, 3.8) is 0 Å². The fourth-order valence-corrected chi connectivity index (χ4v) is 3.31. The van der Waals surface area contributed by atoms with E-state index in [1.165, 1.54) is 0 Å². The summed E-state index contributed by atoms with van der Waals surface area (Å²) in [7, 11) is 1.94. The van der Waals surface area contributed by atoms with Crippen LogP contribution >= 0.6 is 0 Å². The van der Waals surface area contributed by atoms with Crippen molar-refractivity contribution in [1.82, 2.24) is 10.2 Å². The number of rotatable bonds is 3. The second kappa shape index (κ2) is 6.48. The van der Waals surface area contributed by atoms with Crippen LogP contribution in [0.15, 0.2) is 24.3 Å². The largest absolute Gasteiger partial charge is 0.337 e. The molecule has 0 aromatic heterocycles. The van der Waals surface area contributed by atoms with Crippen molar-refractivity contribution in [2.45, 2.75) is 31.7 Å². The maximum atomic E-state index is 12.7. The van der Waals surface area contributed by atoms with E-state index in [2.05, 4.69) is 5.32 Å². The molecule has 3 rings (SSSR count). The molecule has 1 unspecified atom stereocenters. The fourth-order valence-electron chi connectivity index (χ4n) is 3.31. The third kappa shape index (κ3) is 2.99. The lowest BCUT2D eigenvalue weighted by Gasteiger charge is -2.32. The van der Waals surface area contributed by atoms with Crippen LogP contribution in [0.1, 0.15) is 36.0 Å². The minimum atomic E-state index is 0.0634. The van der Waals surface area contributed by atoms with Crippen LogP contribution in [0.5, 0.6) is 0 Å². The molecule has 1 aromatic rings. The smallest absolute Gasteiger partial charge is 0.253 e. The number of carbonyl (C=O) groups excluding carboxylic acids is 2. The molecule has 5 nitrogen and oxygen atoms in total. The Bertz CT molecular complexity index is 573. The summed E-state index contributed by atoms with van der Waals surface area (Å²) in [5.74, 6) is 0.214. The lowest BCUT2D eigenvalue weighted by Crippen LogP contribution is -2.47. The Morgan fingerprint density at radius 1 is 1.27 bits per heavy atom. The summed E-state index contributed by atoms with van der Waals surface area (Å²) in [6.07, 6.45) is 3.64. The van der Waals surface area contributed by atoms with Gasteiger partial charge in [0, 0.05) is 43.3 Å². The van der Waals surface area contributed by atoms with E-state index in [4.69, 9.17) is 0 Å². The molecule has 5 heteroatoms. The van der Waals surface area contributed by atoms with Gasteiger partial charge in [-0.15, -0.1) is 0 Å². The van der Waals surface area contributed by atoms with E-state index in [-0.39, 0.29) is 11.8 Å². The van der Waals surface area contributed by atoms with Crippen LogP contribution in [0.4, 0.5) is 5.69 Å². The molecule has 0 aliphatic carbocycles. The van der Waals surface area contributed by atoms with Gasteiger partial charge in [0.2, 0.25) is 5.91 Å². The number of piperidine rings is 1. The normalized spacial score (nSPS) is 22.2. The molecule has 0 spiro atoms. The highest BCUT2D eigenvalue weighted by atomic mass is 16.2. The average Bonchev–Trinajstić information content (AvgIpc) is 3.00. The molecule has 1 aromatic carbocycles. The van der Waals surface area contributed by atoms with E-state index in [0.29, 0.717) is 18.0 Å². The number of nitrogens with zero attached hydrogens (tertiary/aromatic N) is 2. The Morgan fingerprint density at radius 3 is 2.86 bits per heavy atom. The monoisotopic (exact) mass is 301 g/mol. The van der Waals surface area contributed by atoms with E-state index in [9.17, 15) is 9.59 Å². The Balaban J connectivity index is 1.76. The third-order valence-corrected chi connectivity index (χ3v) is 4.60. The predicted molar refractivity (Wildman–Crippen MR) is 86.0 cm³/mol. The first-order valence-electron chi connectivity index (χ1n) is 8.06. The summed E-state index contributed by atoms with van der Waals surface area (Å²) in [5, 5.41) is 3.26. The molecule has 1 N–H and O–H groups in total. The van der Waals surface area contributed by atoms with Crippen LogP contribution in [-0.4, -0.2) is 49.4 Å². The Hall–Kier alpha value is -1.88. The van der Waals surface area contributed by atoms with Crippen molar-refractivity contribution in [2.75, 3.05) is 31.6 Å². The lowest BCUT2D eigenvalue weighted by molar-refractivity contribution is -0.117. The van der Waals surface area contributed by atoms with Gasteiger partial charge in [-0.05, 0) is 44.5 Å². The second-order valence-electron chi connectivity index (χ2n) is 6.08. The van der Waals surface area contributed by atoms with Gasteiger partial charge >= 0.3 is 0 Å². The number of nitrogens with one attached hydrogen (secondary N) is 1. The first-order chi connectivity index (χ1) is 10.7. The summed E-state index contributed by atoms with van der Waals surface area (Å²) in [6.45, 7) is 2.31.